The molecular weight excluding hydrogens is 258 g/mol. The van der Waals surface area contributed by atoms with Crippen molar-refractivity contribution in [2.45, 2.75) is 37.6 Å². The van der Waals surface area contributed by atoms with Crippen LogP contribution in [0.2, 0.25) is 0 Å². The van der Waals surface area contributed by atoms with Crippen LogP contribution in [0.5, 0.6) is 0 Å². The molecule has 7 nitrogen and oxygen atoms in total. The molecule has 2 heterocycles. The number of aromatic nitrogens is 1. The van der Waals surface area contributed by atoms with Crippen LogP contribution in [0.3, 0.4) is 0 Å². The summed E-state index contributed by atoms with van der Waals surface area (Å²) in [7, 11) is -3.65. The van der Waals surface area contributed by atoms with Gasteiger partial charge in [-0.05, 0) is 20.3 Å². The first-order valence-electron chi connectivity index (χ1n) is 5.62. The molecule has 1 aromatic rings. The molecule has 0 saturated carbocycles. The molecule has 0 aliphatic carbocycles. The van der Waals surface area contributed by atoms with E-state index in [1.165, 1.54) is 0 Å². The van der Waals surface area contributed by atoms with Crippen molar-refractivity contribution < 1.29 is 17.7 Å². The average Bonchev–Trinajstić information content (AvgIpc) is 2.62. The van der Waals surface area contributed by atoms with Gasteiger partial charge >= 0.3 is 0 Å². The normalized spacial score (nSPS) is 20.8. The third-order valence-corrected chi connectivity index (χ3v) is 4.59. The lowest BCUT2D eigenvalue weighted by Crippen LogP contribution is -2.47. The van der Waals surface area contributed by atoms with Gasteiger partial charge in [0.05, 0.1) is 0 Å². The van der Waals surface area contributed by atoms with E-state index in [4.69, 9.17) is 4.52 Å². The minimum absolute atomic E-state index is 0.0530. The van der Waals surface area contributed by atoms with E-state index in [0.29, 0.717) is 25.1 Å². The first kappa shape index (κ1) is 13.0. The van der Waals surface area contributed by atoms with Crippen LogP contribution in [0.4, 0.5) is 0 Å². The molecule has 1 saturated heterocycles. The molecule has 0 radical (unpaired) electrons. The largest absolute Gasteiger partial charge is 0.360 e. The number of carbonyl (C=O) groups is 1. The predicted molar refractivity (Wildman–Crippen MR) is 62.3 cm³/mol. The van der Waals surface area contributed by atoms with Crippen LogP contribution in [-0.4, -0.2) is 32.1 Å². The zero-order valence-electron chi connectivity index (χ0n) is 10.2. The van der Waals surface area contributed by atoms with Crippen molar-refractivity contribution >= 4 is 15.9 Å². The molecule has 2 rings (SSSR count). The Bertz CT molecular complexity index is 534. The van der Waals surface area contributed by atoms with E-state index < -0.39 is 10.0 Å². The number of aryl methyl sites for hydroxylation is 2. The van der Waals surface area contributed by atoms with Crippen molar-refractivity contribution in [2.75, 3.05) is 6.54 Å². The maximum atomic E-state index is 12.2. The second-order valence-corrected chi connectivity index (χ2v) is 5.97. The maximum Gasteiger partial charge on any atom is 0.246 e. The zero-order chi connectivity index (χ0) is 13.3. The van der Waals surface area contributed by atoms with Crippen molar-refractivity contribution in [2.24, 2.45) is 0 Å². The summed E-state index contributed by atoms with van der Waals surface area (Å²) in [6.07, 6.45) is 0.823. The van der Waals surface area contributed by atoms with Crippen LogP contribution in [0, 0.1) is 13.8 Å². The fourth-order valence-corrected chi connectivity index (χ4v) is 3.57. The molecule has 0 bridgehead atoms. The highest BCUT2D eigenvalue weighted by atomic mass is 32.2. The van der Waals surface area contributed by atoms with Crippen LogP contribution >= 0.6 is 0 Å². The molecule has 1 amide bonds. The number of nitrogens with one attached hydrogen (secondary N) is 2. The Morgan fingerprint density at radius 3 is 2.67 bits per heavy atom. The molecule has 1 aliphatic heterocycles. The Balaban J connectivity index is 2.15. The van der Waals surface area contributed by atoms with E-state index in [1.54, 1.807) is 13.8 Å². The van der Waals surface area contributed by atoms with Gasteiger partial charge in [0.15, 0.2) is 5.76 Å². The van der Waals surface area contributed by atoms with Crippen LogP contribution < -0.4 is 10.0 Å². The summed E-state index contributed by atoms with van der Waals surface area (Å²) in [6.45, 7) is 3.44. The Morgan fingerprint density at radius 2 is 2.17 bits per heavy atom. The Morgan fingerprint density at radius 1 is 1.44 bits per heavy atom. The van der Waals surface area contributed by atoms with Gasteiger partial charge in [-0.1, -0.05) is 5.16 Å². The van der Waals surface area contributed by atoms with Crippen molar-refractivity contribution in [1.82, 2.24) is 15.2 Å². The third-order valence-electron chi connectivity index (χ3n) is 2.82. The van der Waals surface area contributed by atoms with E-state index >= 15 is 0 Å². The number of sulfonamides is 1. The highest BCUT2D eigenvalue weighted by Gasteiger charge is 2.28. The molecule has 1 aliphatic rings. The minimum atomic E-state index is -3.65. The lowest BCUT2D eigenvalue weighted by molar-refractivity contribution is -0.122. The Labute approximate surface area is 105 Å². The molecule has 1 unspecified atom stereocenters. The Kier molecular flexibility index (Phi) is 3.40. The van der Waals surface area contributed by atoms with E-state index in [0.717, 1.165) is 0 Å². The van der Waals surface area contributed by atoms with Crippen LogP contribution in [0.25, 0.3) is 0 Å². The summed E-state index contributed by atoms with van der Waals surface area (Å²) < 4.78 is 31.7. The van der Waals surface area contributed by atoms with Gasteiger partial charge in [0.1, 0.15) is 10.6 Å². The lowest BCUT2D eigenvalue weighted by atomic mass is 10.1. The smallest absolute Gasteiger partial charge is 0.246 e. The maximum absolute atomic E-state index is 12.2. The summed E-state index contributed by atoms with van der Waals surface area (Å²) in [5.41, 5.74) is 0.333. The van der Waals surface area contributed by atoms with Crippen LogP contribution in [0.1, 0.15) is 24.3 Å². The van der Waals surface area contributed by atoms with E-state index in [2.05, 4.69) is 15.2 Å². The van der Waals surface area contributed by atoms with Gasteiger partial charge in [-0.3, -0.25) is 4.79 Å². The molecule has 100 valence electrons. The standard InChI is InChI=1S/C10H15N3O4S/c1-6-10(7(2)17-12-6)18(15,16)13-8-3-4-9(14)11-5-8/h8,13H,3-5H2,1-2H3,(H,11,14). The number of carbonyl (C=O) groups excluding carboxylic acids is 1. The molecule has 18 heavy (non-hydrogen) atoms. The van der Waals surface area contributed by atoms with Gasteiger partial charge in [0, 0.05) is 19.0 Å². The van der Waals surface area contributed by atoms with Crippen molar-refractivity contribution in [3.63, 3.8) is 0 Å². The van der Waals surface area contributed by atoms with Crippen LogP contribution in [-0.2, 0) is 14.8 Å². The summed E-state index contributed by atoms with van der Waals surface area (Å²) >= 11 is 0. The zero-order valence-corrected chi connectivity index (χ0v) is 11.0. The molecule has 1 atom stereocenters. The molecule has 0 spiro atoms. The lowest BCUT2D eigenvalue weighted by Gasteiger charge is -2.23. The van der Waals surface area contributed by atoms with Gasteiger partial charge in [-0.2, -0.15) is 0 Å². The molecule has 0 aromatic carbocycles. The molecule has 1 fully saturated rings. The monoisotopic (exact) mass is 273 g/mol. The third kappa shape index (κ3) is 2.54. The molecule has 1 aromatic heterocycles. The second-order valence-electron chi connectivity index (χ2n) is 4.31. The van der Waals surface area contributed by atoms with Gasteiger partial charge < -0.3 is 9.84 Å². The topological polar surface area (TPSA) is 101 Å². The van der Waals surface area contributed by atoms with E-state index in [1.807, 2.05) is 0 Å². The quantitative estimate of drug-likeness (QED) is 0.797. The van der Waals surface area contributed by atoms with Crippen molar-refractivity contribution in [3.05, 3.63) is 11.5 Å². The first-order valence-corrected chi connectivity index (χ1v) is 7.10. The SMILES string of the molecule is Cc1noc(C)c1S(=O)(=O)NC1CCC(=O)NC1. The number of hydrogen-bond acceptors (Lipinski definition) is 5. The van der Waals surface area contributed by atoms with E-state index in [9.17, 15) is 13.2 Å². The van der Waals surface area contributed by atoms with Crippen LogP contribution in [0.15, 0.2) is 9.42 Å². The summed E-state index contributed by atoms with van der Waals surface area (Å²) in [4.78, 5) is 11.1. The number of hydrogen-bond donors (Lipinski definition) is 2. The minimum Gasteiger partial charge on any atom is -0.360 e. The molecule has 2 N–H and O–H groups in total. The number of nitrogens with zero attached hydrogens (tertiary/aromatic N) is 1. The van der Waals surface area contributed by atoms with Gasteiger partial charge in [0.25, 0.3) is 0 Å². The van der Waals surface area contributed by atoms with Crippen molar-refractivity contribution in [3.8, 4) is 0 Å². The average molecular weight is 273 g/mol. The van der Waals surface area contributed by atoms with Crippen molar-refractivity contribution in [1.29, 1.82) is 0 Å². The molecular formula is C10H15N3O4S. The number of amides is 1. The fraction of sp³-hybridized carbons (Fsp3) is 0.600. The van der Waals surface area contributed by atoms with Gasteiger partial charge in [-0.15, -0.1) is 0 Å². The summed E-state index contributed by atoms with van der Waals surface area (Å²) in [5, 5.41) is 6.25. The number of piperidine rings is 1. The fourth-order valence-electron chi connectivity index (χ4n) is 1.97. The van der Waals surface area contributed by atoms with Gasteiger partial charge in [-0.25, -0.2) is 13.1 Å². The van der Waals surface area contributed by atoms with Gasteiger partial charge in [0.2, 0.25) is 15.9 Å². The summed E-state index contributed by atoms with van der Waals surface area (Å²) in [6, 6.07) is -0.290. The summed E-state index contributed by atoms with van der Waals surface area (Å²) in [5.74, 6) is 0.211. The first-order chi connectivity index (χ1) is 8.40. The predicted octanol–water partition coefficient (Wildman–Crippen LogP) is -0.152. The number of rotatable bonds is 3. The molecule has 8 heteroatoms. The second kappa shape index (κ2) is 4.69. The Hall–Kier alpha value is -1.41. The van der Waals surface area contributed by atoms with E-state index in [-0.39, 0.29) is 22.6 Å². The highest BCUT2D eigenvalue weighted by Crippen LogP contribution is 2.19. The highest BCUT2D eigenvalue weighted by molar-refractivity contribution is 7.89.